The largest absolute Gasteiger partial charge is 0.399 e. The van der Waals surface area contributed by atoms with Gasteiger partial charge in [0.2, 0.25) is 5.91 Å². The Labute approximate surface area is 93.8 Å². The van der Waals surface area contributed by atoms with E-state index in [9.17, 15) is 4.79 Å². The standard InChI is InChI=1S/C10H14ClN3O/c1-7(15)13-4-5-14-10-3-2-8(12)6-9(10)11/h2-3,6,14H,4-5,12H2,1H3,(H,13,15). The van der Waals surface area contributed by atoms with Crippen molar-refractivity contribution in [1.82, 2.24) is 5.32 Å². The second-order valence-corrected chi connectivity index (χ2v) is 3.56. The zero-order chi connectivity index (χ0) is 11.3. The molecule has 4 nitrogen and oxygen atoms in total. The Morgan fingerprint density at radius 2 is 2.20 bits per heavy atom. The lowest BCUT2D eigenvalue weighted by molar-refractivity contribution is -0.118. The van der Waals surface area contributed by atoms with E-state index in [0.29, 0.717) is 23.8 Å². The average Bonchev–Trinajstić information content (AvgIpc) is 2.14. The lowest BCUT2D eigenvalue weighted by Crippen LogP contribution is -2.26. The highest BCUT2D eigenvalue weighted by molar-refractivity contribution is 6.33. The van der Waals surface area contributed by atoms with Gasteiger partial charge in [0.25, 0.3) is 0 Å². The summed E-state index contributed by atoms with van der Waals surface area (Å²) in [5.41, 5.74) is 7.00. The molecule has 0 aromatic heterocycles. The molecule has 0 saturated carbocycles. The quantitative estimate of drug-likeness (QED) is 0.539. The number of nitrogen functional groups attached to an aromatic ring is 1. The summed E-state index contributed by atoms with van der Waals surface area (Å²) in [7, 11) is 0. The van der Waals surface area contributed by atoms with Crippen LogP contribution in [-0.4, -0.2) is 19.0 Å². The van der Waals surface area contributed by atoms with E-state index in [2.05, 4.69) is 10.6 Å². The summed E-state index contributed by atoms with van der Waals surface area (Å²) >= 11 is 5.94. The minimum absolute atomic E-state index is 0.0415. The summed E-state index contributed by atoms with van der Waals surface area (Å²) in [6, 6.07) is 5.26. The lowest BCUT2D eigenvalue weighted by Gasteiger charge is -2.08. The molecule has 0 bridgehead atoms. The number of nitrogens with one attached hydrogen (secondary N) is 2. The van der Waals surface area contributed by atoms with Gasteiger partial charge < -0.3 is 16.4 Å². The lowest BCUT2D eigenvalue weighted by atomic mass is 10.3. The number of hydrogen-bond acceptors (Lipinski definition) is 3. The van der Waals surface area contributed by atoms with Crippen LogP contribution in [-0.2, 0) is 4.79 Å². The topological polar surface area (TPSA) is 67.2 Å². The summed E-state index contributed by atoms with van der Waals surface area (Å²) in [4.78, 5) is 10.6. The number of carbonyl (C=O) groups is 1. The van der Waals surface area contributed by atoms with E-state index >= 15 is 0 Å². The third-order valence-electron chi connectivity index (χ3n) is 1.81. The normalized spacial score (nSPS) is 9.73. The van der Waals surface area contributed by atoms with Crippen LogP contribution in [0.1, 0.15) is 6.92 Å². The zero-order valence-corrected chi connectivity index (χ0v) is 9.27. The van der Waals surface area contributed by atoms with Crippen molar-refractivity contribution >= 4 is 28.9 Å². The molecule has 5 heteroatoms. The number of rotatable bonds is 4. The highest BCUT2D eigenvalue weighted by Gasteiger charge is 1.99. The summed E-state index contributed by atoms with van der Waals surface area (Å²) in [5, 5.41) is 6.35. The molecular formula is C10H14ClN3O. The first kappa shape index (κ1) is 11.7. The maximum atomic E-state index is 10.6. The Morgan fingerprint density at radius 3 is 2.80 bits per heavy atom. The van der Waals surface area contributed by atoms with Gasteiger partial charge in [-0.2, -0.15) is 0 Å². The van der Waals surface area contributed by atoms with E-state index < -0.39 is 0 Å². The highest BCUT2D eigenvalue weighted by atomic mass is 35.5. The first-order valence-corrected chi connectivity index (χ1v) is 5.00. The van der Waals surface area contributed by atoms with Crippen LogP contribution in [0, 0.1) is 0 Å². The molecular weight excluding hydrogens is 214 g/mol. The number of hydrogen-bond donors (Lipinski definition) is 3. The molecule has 0 unspecified atom stereocenters. The molecule has 1 aromatic rings. The Bertz CT molecular complexity index is 355. The molecule has 4 N–H and O–H groups in total. The van der Waals surface area contributed by atoms with Crippen LogP contribution in [0.4, 0.5) is 11.4 Å². The van der Waals surface area contributed by atoms with Crippen LogP contribution < -0.4 is 16.4 Å². The van der Waals surface area contributed by atoms with Crippen molar-refractivity contribution in [3.8, 4) is 0 Å². The van der Waals surface area contributed by atoms with Gasteiger partial charge in [0.05, 0.1) is 10.7 Å². The van der Waals surface area contributed by atoms with E-state index in [1.807, 2.05) is 6.07 Å². The first-order chi connectivity index (χ1) is 7.09. The van der Waals surface area contributed by atoms with Crippen LogP contribution in [0.5, 0.6) is 0 Å². The minimum atomic E-state index is -0.0415. The van der Waals surface area contributed by atoms with Gasteiger partial charge in [-0.3, -0.25) is 4.79 Å². The molecule has 82 valence electrons. The zero-order valence-electron chi connectivity index (χ0n) is 8.51. The molecule has 0 aliphatic carbocycles. The maximum absolute atomic E-state index is 10.6. The van der Waals surface area contributed by atoms with Gasteiger partial charge in [-0.25, -0.2) is 0 Å². The fraction of sp³-hybridized carbons (Fsp3) is 0.300. The van der Waals surface area contributed by atoms with Gasteiger partial charge in [-0.15, -0.1) is 0 Å². The van der Waals surface area contributed by atoms with Crippen molar-refractivity contribution in [1.29, 1.82) is 0 Å². The van der Waals surface area contributed by atoms with E-state index in [0.717, 1.165) is 5.69 Å². The van der Waals surface area contributed by atoms with Crippen LogP contribution in [0.3, 0.4) is 0 Å². The Kier molecular flexibility index (Phi) is 4.24. The second-order valence-electron chi connectivity index (χ2n) is 3.15. The predicted octanol–water partition coefficient (Wildman–Crippen LogP) is 1.47. The van der Waals surface area contributed by atoms with Crippen molar-refractivity contribution in [2.24, 2.45) is 0 Å². The average molecular weight is 228 g/mol. The summed E-state index contributed by atoms with van der Waals surface area (Å²) in [5.74, 6) is -0.0415. The molecule has 0 aliphatic rings. The number of halogens is 1. The van der Waals surface area contributed by atoms with Crippen LogP contribution in [0.15, 0.2) is 18.2 Å². The van der Waals surface area contributed by atoms with Crippen molar-refractivity contribution in [3.05, 3.63) is 23.2 Å². The van der Waals surface area contributed by atoms with Gasteiger partial charge in [-0.1, -0.05) is 11.6 Å². The predicted molar refractivity (Wildman–Crippen MR) is 63.0 cm³/mol. The number of carbonyl (C=O) groups excluding carboxylic acids is 1. The molecule has 0 radical (unpaired) electrons. The van der Waals surface area contributed by atoms with Gasteiger partial charge in [0, 0.05) is 25.7 Å². The first-order valence-electron chi connectivity index (χ1n) is 4.63. The molecule has 0 saturated heterocycles. The molecule has 0 aliphatic heterocycles. The van der Waals surface area contributed by atoms with Gasteiger partial charge >= 0.3 is 0 Å². The third kappa shape index (κ3) is 4.08. The second kappa shape index (κ2) is 5.46. The molecule has 1 aromatic carbocycles. The van der Waals surface area contributed by atoms with E-state index in [4.69, 9.17) is 17.3 Å². The van der Waals surface area contributed by atoms with Crippen LogP contribution in [0.25, 0.3) is 0 Å². The fourth-order valence-electron chi connectivity index (χ4n) is 1.11. The molecule has 1 amide bonds. The van der Waals surface area contributed by atoms with Gasteiger partial charge in [-0.05, 0) is 18.2 Å². The summed E-state index contributed by atoms with van der Waals surface area (Å²) < 4.78 is 0. The molecule has 0 fully saturated rings. The van der Waals surface area contributed by atoms with Crippen LogP contribution in [0.2, 0.25) is 5.02 Å². The Morgan fingerprint density at radius 1 is 1.47 bits per heavy atom. The van der Waals surface area contributed by atoms with Gasteiger partial charge in [0.1, 0.15) is 0 Å². The van der Waals surface area contributed by atoms with Crippen LogP contribution >= 0.6 is 11.6 Å². The summed E-state index contributed by atoms with van der Waals surface area (Å²) in [6.07, 6.45) is 0. The maximum Gasteiger partial charge on any atom is 0.216 e. The smallest absolute Gasteiger partial charge is 0.216 e. The molecule has 0 atom stereocenters. The SMILES string of the molecule is CC(=O)NCCNc1ccc(N)cc1Cl. The number of benzene rings is 1. The Hall–Kier alpha value is -1.42. The molecule has 1 rings (SSSR count). The third-order valence-corrected chi connectivity index (χ3v) is 2.12. The Balaban J connectivity index is 2.40. The monoisotopic (exact) mass is 227 g/mol. The van der Waals surface area contributed by atoms with Crippen molar-refractivity contribution in [3.63, 3.8) is 0 Å². The summed E-state index contributed by atoms with van der Waals surface area (Å²) in [6.45, 7) is 2.68. The fourth-order valence-corrected chi connectivity index (χ4v) is 1.37. The van der Waals surface area contributed by atoms with Crippen molar-refractivity contribution < 1.29 is 4.79 Å². The van der Waals surface area contributed by atoms with E-state index in [-0.39, 0.29) is 5.91 Å². The molecule has 0 heterocycles. The van der Waals surface area contributed by atoms with E-state index in [1.165, 1.54) is 6.92 Å². The number of amides is 1. The van der Waals surface area contributed by atoms with Crippen molar-refractivity contribution in [2.45, 2.75) is 6.92 Å². The van der Waals surface area contributed by atoms with Gasteiger partial charge in [0.15, 0.2) is 0 Å². The number of anilines is 2. The van der Waals surface area contributed by atoms with Crippen molar-refractivity contribution in [2.75, 3.05) is 24.1 Å². The minimum Gasteiger partial charge on any atom is -0.399 e. The number of nitrogens with two attached hydrogens (primary N) is 1. The molecule has 15 heavy (non-hydrogen) atoms. The van der Waals surface area contributed by atoms with E-state index in [1.54, 1.807) is 12.1 Å². The highest BCUT2D eigenvalue weighted by Crippen LogP contribution is 2.23. The molecule has 0 spiro atoms.